The molecule has 0 fully saturated rings. The Hall–Kier alpha value is -2.19. The lowest BCUT2D eigenvalue weighted by Crippen LogP contribution is -2.37. The molecule has 0 aliphatic carbocycles. The summed E-state index contributed by atoms with van der Waals surface area (Å²) in [7, 11) is -3.76. The second-order valence-corrected chi connectivity index (χ2v) is 7.26. The molecule has 2 aromatic rings. The van der Waals surface area contributed by atoms with Crippen molar-refractivity contribution in [3.8, 4) is 0 Å². The number of rotatable bonds is 5. The number of benzene rings is 2. The molecule has 1 N–H and O–H groups in total. The van der Waals surface area contributed by atoms with Crippen molar-refractivity contribution in [2.75, 3.05) is 22.4 Å². The lowest BCUT2D eigenvalue weighted by atomic mass is 10.3. The smallest absolute Gasteiger partial charge is 0.245 e. The van der Waals surface area contributed by atoms with Crippen molar-refractivity contribution in [3.05, 3.63) is 59.1 Å². The summed E-state index contributed by atoms with van der Waals surface area (Å²) in [6, 6.07) is 8.48. The van der Waals surface area contributed by atoms with Gasteiger partial charge >= 0.3 is 0 Å². The van der Waals surface area contributed by atoms with Crippen LogP contribution in [0.25, 0.3) is 0 Å². The van der Waals surface area contributed by atoms with Crippen LogP contribution in [-0.4, -0.2) is 27.1 Å². The van der Waals surface area contributed by atoms with Gasteiger partial charge in [-0.15, -0.1) is 0 Å². The molecule has 0 radical (unpaired) electrons. The summed E-state index contributed by atoms with van der Waals surface area (Å²) in [5, 5.41) is 2.62. The van der Waals surface area contributed by atoms with E-state index in [0.717, 1.165) is 22.7 Å². The van der Waals surface area contributed by atoms with E-state index in [1.165, 1.54) is 24.3 Å². The van der Waals surface area contributed by atoms with E-state index >= 15 is 0 Å². The van der Waals surface area contributed by atoms with Crippen molar-refractivity contribution in [3.63, 3.8) is 0 Å². The zero-order chi connectivity index (χ0) is 17.9. The monoisotopic (exact) mass is 374 g/mol. The minimum atomic E-state index is -3.76. The highest BCUT2D eigenvalue weighted by molar-refractivity contribution is 7.92. The summed E-state index contributed by atoms with van der Waals surface area (Å²) >= 11 is 5.75. The third kappa shape index (κ3) is 4.65. The molecule has 0 bridgehead atoms. The van der Waals surface area contributed by atoms with Gasteiger partial charge in [-0.1, -0.05) is 11.6 Å². The normalized spacial score (nSPS) is 11.2. The van der Waals surface area contributed by atoms with Gasteiger partial charge in [0.1, 0.15) is 18.2 Å². The van der Waals surface area contributed by atoms with Gasteiger partial charge in [-0.25, -0.2) is 17.2 Å². The molecule has 0 saturated carbocycles. The van der Waals surface area contributed by atoms with Crippen LogP contribution in [0.15, 0.2) is 42.5 Å². The van der Waals surface area contributed by atoms with E-state index in [0.29, 0.717) is 11.1 Å². The molecule has 0 heterocycles. The minimum Gasteiger partial charge on any atom is -0.322 e. The van der Waals surface area contributed by atoms with Crippen LogP contribution < -0.4 is 9.62 Å². The van der Waals surface area contributed by atoms with Crippen LogP contribution >= 0.6 is 11.6 Å². The molecule has 0 aliphatic heterocycles. The van der Waals surface area contributed by atoms with E-state index in [1.807, 2.05) is 0 Å². The van der Waals surface area contributed by atoms with Crippen LogP contribution in [0, 0.1) is 11.6 Å². The number of hydrogen-bond donors (Lipinski definition) is 1. The third-order valence-corrected chi connectivity index (χ3v) is 4.40. The summed E-state index contributed by atoms with van der Waals surface area (Å²) in [6.07, 6.45) is 0.938. The maximum Gasteiger partial charge on any atom is 0.245 e. The maximum absolute atomic E-state index is 13.5. The second-order valence-electron chi connectivity index (χ2n) is 4.92. The Bertz CT molecular complexity index is 858. The van der Waals surface area contributed by atoms with Crippen molar-refractivity contribution in [2.24, 2.45) is 0 Å². The van der Waals surface area contributed by atoms with Crippen LogP contribution in [0.4, 0.5) is 20.2 Å². The maximum atomic E-state index is 13.5. The number of carbonyl (C=O) groups is 1. The van der Waals surface area contributed by atoms with Crippen LogP contribution in [0.3, 0.4) is 0 Å². The molecule has 2 rings (SSSR count). The predicted octanol–water partition coefficient (Wildman–Crippen LogP) is 3.02. The van der Waals surface area contributed by atoms with Crippen molar-refractivity contribution in [1.82, 2.24) is 0 Å². The highest BCUT2D eigenvalue weighted by Gasteiger charge is 2.21. The van der Waals surface area contributed by atoms with Gasteiger partial charge in [0, 0.05) is 11.1 Å². The molecule has 0 aromatic heterocycles. The van der Waals surface area contributed by atoms with Crippen molar-refractivity contribution in [2.45, 2.75) is 0 Å². The number of sulfonamides is 1. The first kappa shape index (κ1) is 18.2. The Morgan fingerprint density at radius 1 is 1.17 bits per heavy atom. The van der Waals surface area contributed by atoms with E-state index < -0.39 is 34.1 Å². The van der Waals surface area contributed by atoms with E-state index in [4.69, 9.17) is 11.6 Å². The first-order valence-corrected chi connectivity index (χ1v) is 8.87. The number of carbonyl (C=O) groups excluding carboxylic acids is 1. The Balaban J connectivity index is 2.20. The first-order valence-electron chi connectivity index (χ1n) is 6.65. The fourth-order valence-electron chi connectivity index (χ4n) is 1.92. The lowest BCUT2D eigenvalue weighted by Gasteiger charge is -2.22. The summed E-state index contributed by atoms with van der Waals surface area (Å²) in [6.45, 7) is -0.572. The van der Waals surface area contributed by atoms with Crippen molar-refractivity contribution >= 4 is 38.9 Å². The van der Waals surface area contributed by atoms with Gasteiger partial charge in [0.05, 0.1) is 17.6 Å². The molecular formula is C15H13ClF2N2O3S. The number of hydrogen-bond acceptors (Lipinski definition) is 3. The quantitative estimate of drug-likeness (QED) is 0.874. The molecule has 0 spiro atoms. The topological polar surface area (TPSA) is 66.5 Å². The van der Waals surface area contributed by atoms with Crippen LogP contribution in [-0.2, 0) is 14.8 Å². The summed E-state index contributed by atoms with van der Waals surface area (Å²) in [5.74, 6) is -2.52. The average molecular weight is 375 g/mol. The van der Waals surface area contributed by atoms with Crippen molar-refractivity contribution < 1.29 is 22.0 Å². The molecule has 9 heteroatoms. The molecule has 0 aliphatic rings. The zero-order valence-electron chi connectivity index (χ0n) is 12.5. The van der Waals surface area contributed by atoms with Gasteiger partial charge in [0.25, 0.3) is 0 Å². The zero-order valence-corrected chi connectivity index (χ0v) is 14.0. The van der Waals surface area contributed by atoms with E-state index in [9.17, 15) is 22.0 Å². The Morgan fingerprint density at radius 2 is 1.79 bits per heavy atom. The summed E-state index contributed by atoms with van der Waals surface area (Å²) in [5.41, 5.74) is -0.0115. The minimum absolute atomic E-state index is 0.233. The molecule has 24 heavy (non-hydrogen) atoms. The van der Waals surface area contributed by atoms with Gasteiger partial charge < -0.3 is 5.32 Å². The molecule has 128 valence electrons. The molecule has 0 unspecified atom stereocenters. The Labute approximate surface area is 142 Å². The Morgan fingerprint density at radius 3 is 2.33 bits per heavy atom. The summed E-state index contributed by atoms with van der Waals surface area (Å²) < 4.78 is 51.1. The van der Waals surface area contributed by atoms with E-state index in [2.05, 4.69) is 5.32 Å². The van der Waals surface area contributed by atoms with Gasteiger partial charge in [0.15, 0.2) is 0 Å². The van der Waals surface area contributed by atoms with Gasteiger partial charge in [-0.2, -0.15) is 0 Å². The highest BCUT2D eigenvalue weighted by Crippen LogP contribution is 2.21. The van der Waals surface area contributed by atoms with Crippen LogP contribution in [0.5, 0.6) is 0 Å². The van der Waals surface area contributed by atoms with Crippen LogP contribution in [0.1, 0.15) is 0 Å². The van der Waals surface area contributed by atoms with E-state index in [1.54, 1.807) is 0 Å². The molecule has 0 atom stereocenters. The largest absolute Gasteiger partial charge is 0.322 e. The molecular weight excluding hydrogens is 362 g/mol. The first-order chi connectivity index (χ1) is 11.2. The van der Waals surface area contributed by atoms with E-state index in [-0.39, 0.29) is 11.4 Å². The Kier molecular flexibility index (Phi) is 5.40. The molecule has 1 amide bonds. The third-order valence-electron chi connectivity index (χ3n) is 3.01. The van der Waals surface area contributed by atoms with Gasteiger partial charge in [-0.05, 0) is 36.4 Å². The number of nitrogens with one attached hydrogen (secondary N) is 1. The SMILES string of the molecule is CS(=O)(=O)N(CC(=O)Nc1ccc(F)cc1F)c1ccc(Cl)cc1. The fourth-order valence-corrected chi connectivity index (χ4v) is 2.90. The van der Waals surface area contributed by atoms with Gasteiger partial charge in [0.2, 0.25) is 15.9 Å². The number of halogens is 3. The number of nitrogens with zero attached hydrogens (tertiary/aromatic N) is 1. The number of anilines is 2. The average Bonchev–Trinajstić information content (AvgIpc) is 2.48. The van der Waals surface area contributed by atoms with Crippen molar-refractivity contribution in [1.29, 1.82) is 0 Å². The molecule has 0 saturated heterocycles. The molecule has 5 nitrogen and oxygen atoms in total. The lowest BCUT2D eigenvalue weighted by molar-refractivity contribution is -0.114. The number of amides is 1. The standard InChI is InChI=1S/C15H13ClF2N2O3S/c1-24(22,23)20(12-5-2-10(16)3-6-12)9-15(21)19-14-7-4-11(17)8-13(14)18/h2-8H,9H2,1H3,(H,19,21). The van der Waals surface area contributed by atoms with Gasteiger partial charge in [-0.3, -0.25) is 9.10 Å². The van der Waals surface area contributed by atoms with Crippen LogP contribution in [0.2, 0.25) is 5.02 Å². The second kappa shape index (κ2) is 7.14. The summed E-state index contributed by atoms with van der Waals surface area (Å²) in [4.78, 5) is 12.0. The highest BCUT2D eigenvalue weighted by atomic mass is 35.5. The predicted molar refractivity (Wildman–Crippen MR) is 88.6 cm³/mol. The fraction of sp³-hybridized carbons (Fsp3) is 0.133. The molecule has 2 aromatic carbocycles.